The van der Waals surface area contributed by atoms with Gasteiger partial charge in [0, 0.05) is 6.21 Å². The molecule has 0 spiro atoms. The third kappa shape index (κ3) is 7.26. The van der Waals surface area contributed by atoms with Crippen LogP contribution >= 0.6 is 0 Å². The highest BCUT2D eigenvalue weighted by atomic mass is 16.5. The van der Waals surface area contributed by atoms with E-state index in [2.05, 4.69) is 6.58 Å². The average Bonchev–Trinajstić information content (AvgIpc) is 2.23. The lowest BCUT2D eigenvalue weighted by Gasteiger charge is -1.97. The SMILES string of the molecule is C=C/C(=C\C=N)O/C=C/C=C(C)\C=C/C. The van der Waals surface area contributed by atoms with Crippen molar-refractivity contribution in [2.75, 3.05) is 0 Å². The number of nitrogens with one attached hydrogen (secondary N) is 1. The fraction of sp³-hybridized carbons (Fsp3) is 0.154. The molecular formula is C13H17NO. The normalized spacial score (nSPS) is 13.5. The van der Waals surface area contributed by atoms with E-state index in [0.29, 0.717) is 5.76 Å². The van der Waals surface area contributed by atoms with Crippen LogP contribution in [0.1, 0.15) is 13.8 Å². The highest BCUT2D eigenvalue weighted by Crippen LogP contribution is 1.99. The van der Waals surface area contributed by atoms with Crippen molar-refractivity contribution in [3.63, 3.8) is 0 Å². The van der Waals surface area contributed by atoms with Crippen molar-refractivity contribution in [2.24, 2.45) is 0 Å². The van der Waals surface area contributed by atoms with E-state index < -0.39 is 0 Å². The highest BCUT2D eigenvalue weighted by Gasteiger charge is 1.84. The van der Waals surface area contributed by atoms with Crippen LogP contribution in [0.25, 0.3) is 0 Å². The predicted molar refractivity (Wildman–Crippen MR) is 65.9 cm³/mol. The van der Waals surface area contributed by atoms with Gasteiger partial charge in [-0.2, -0.15) is 0 Å². The van der Waals surface area contributed by atoms with E-state index in [1.54, 1.807) is 18.4 Å². The van der Waals surface area contributed by atoms with Gasteiger partial charge in [-0.3, -0.25) is 0 Å². The Morgan fingerprint density at radius 2 is 2.07 bits per heavy atom. The van der Waals surface area contributed by atoms with Crippen LogP contribution in [-0.2, 0) is 4.74 Å². The zero-order valence-electron chi connectivity index (χ0n) is 9.23. The molecule has 0 aromatic rings. The number of hydrogen-bond acceptors (Lipinski definition) is 2. The quantitative estimate of drug-likeness (QED) is 0.398. The Bertz CT molecular complexity index is 319. The average molecular weight is 203 g/mol. The summed E-state index contributed by atoms with van der Waals surface area (Å²) in [6.45, 7) is 7.54. The van der Waals surface area contributed by atoms with Gasteiger partial charge in [-0.1, -0.05) is 30.4 Å². The van der Waals surface area contributed by atoms with Crippen molar-refractivity contribution >= 4 is 6.21 Å². The van der Waals surface area contributed by atoms with Crippen LogP contribution in [0, 0.1) is 5.41 Å². The maximum atomic E-state index is 6.87. The minimum Gasteiger partial charge on any atom is -0.465 e. The lowest BCUT2D eigenvalue weighted by Crippen LogP contribution is -1.80. The lowest BCUT2D eigenvalue weighted by molar-refractivity contribution is 0.369. The Labute approximate surface area is 91.5 Å². The van der Waals surface area contributed by atoms with E-state index in [1.165, 1.54) is 6.08 Å². The zero-order chi connectivity index (χ0) is 11.5. The van der Waals surface area contributed by atoms with E-state index in [-0.39, 0.29) is 0 Å². The molecule has 0 aliphatic carbocycles. The maximum absolute atomic E-state index is 6.87. The Kier molecular flexibility index (Phi) is 7.69. The highest BCUT2D eigenvalue weighted by molar-refractivity contribution is 5.69. The summed E-state index contributed by atoms with van der Waals surface area (Å²) in [6.07, 6.45) is 13.5. The number of rotatable bonds is 6. The molecule has 0 unspecified atom stereocenters. The van der Waals surface area contributed by atoms with Gasteiger partial charge in [0.05, 0.1) is 6.26 Å². The Morgan fingerprint density at radius 1 is 1.33 bits per heavy atom. The summed E-state index contributed by atoms with van der Waals surface area (Å²) in [5.74, 6) is 0.554. The second-order valence-corrected chi connectivity index (χ2v) is 2.80. The molecule has 0 saturated heterocycles. The van der Waals surface area contributed by atoms with Gasteiger partial charge in [-0.15, -0.1) is 0 Å². The van der Waals surface area contributed by atoms with Gasteiger partial charge in [-0.25, -0.2) is 0 Å². The van der Waals surface area contributed by atoms with Crippen molar-refractivity contribution in [1.29, 1.82) is 5.41 Å². The fourth-order valence-electron chi connectivity index (χ4n) is 0.865. The second kappa shape index (κ2) is 8.75. The Balaban J connectivity index is 4.20. The molecule has 80 valence electrons. The first-order chi connectivity index (χ1) is 7.24. The topological polar surface area (TPSA) is 33.1 Å². The fourth-order valence-corrected chi connectivity index (χ4v) is 0.865. The van der Waals surface area contributed by atoms with Gasteiger partial charge >= 0.3 is 0 Å². The van der Waals surface area contributed by atoms with E-state index in [0.717, 1.165) is 11.8 Å². The van der Waals surface area contributed by atoms with Gasteiger partial charge in [0.1, 0.15) is 5.76 Å². The third-order valence-corrected chi connectivity index (χ3v) is 1.52. The molecule has 0 atom stereocenters. The summed E-state index contributed by atoms with van der Waals surface area (Å²) in [4.78, 5) is 0. The molecule has 0 aliphatic heterocycles. The summed E-state index contributed by atoms with van der Waals surface area (Å²) < 4.78 is 5.20. The predicted octanol–water partition coefficient (Wildman–Crippen LogP) is 3.76. The van der Waals surface area contributed by atoms with Crippen LogP contribution in [0.4, 0.5) is 0 Å². The van der Waals surface area contributed by atoms with Gasteiger partial charge in [-0.05, 0) is 32.1 Å². The van der Waals surface area contributed by atoms with Crippen molar-refractivity contribution < 1.29 is 4.74 Å². The Morgan fingerprint density at radius 3 is 2.60 bits per heavy atom. The summed E-state index contributed by atoms with van der Waals surface area (Å²) >= 11 is 0. The Hall–Kier alpha value is -1.83. The smallest absolute Gasteiger partial charge is 0.127 e. The molecule has 2 nitrogen and oxygen atoms in total. The van der Waals surface area contributed by atoms with Crippen LogP contribution in [0.2, 0.25) is 0 Å². The third-order valence-electron chi connectivity index (χ3n) is 1.52. The van der Waals surface area contributed by atoms with Crippen LogP contribution in [0.15, 0.2) is 60.6 Å². The molecule has 0 aromatic carbocycles. The summed E-state index contributed by atoms with van der Waals surface area (Å²) in [5, 5.41) is 6.87. The first-order valence-electron chi connectivity index (χ1n) is 4.70. The summed E-state index contributed by atoms with van der Waals surface area (Å²) in [6, 6.07) is 0. The van der Waals surface area contributed by atoms with Crippen LogP contribution in [0.3, 0.4) is 0 Å². The maximum Gasteiger partial charge on any atom is 0.127 e. The van der Waals surface area contributed by atoms with E-state index in [4.69, 9.17) is 10.1 Å². The first kappa shape index (κ1) is 13.2. The summed E-state index contributed by atoms with van der Waals surface area (Å²) in [5.41, 5.74) is 1.15. The van der Waals surface area contributed by atoms with E-state index >= 15 is 0 Å². The molecule has 0 aliphatic rings. The molecular weight excluding hydrogens is 186 g/mol. The number of ether oxygens (including phenoxy) is 1. The van der Waals surface area contributed by atoms with Gasteiger partial charge in [0.2, 0.25) is 0 Å². The lowest BCUT2D eigenvalue weighted by atomic mass is 10.2. The number of hydrogen-bond donors (Lipinski definition) is 1. The van der Waals surface area contributed by atoms with Gasteiger partial charge in [0.15, 0.2) is 0 Å². The first-order valence-corrected chi connectivity index (χ1v) is 4.70. The van der Waals surface area contributed by atoms with Crippen molar-refractivity contribution in [1.82, 2.24) is 0 Å². The monoisotopic (exact) mass is 203 g/mol. The molecule has 1 N–H and O–H groups in total. The standard InChI is InChI=1S/C13H17NO/c1-4-7-12(3)8-6-11-15-13(5-2)9-10-14/h4-11,14H,2H2,1,3H3/b7-4-,11-6+,12-8-,13-9+,14-10?. The molecule has 0 fully saturated rings. The number of allylic oxidation sites excluding steroid dienone is 7. The molecule has 0 aromatic heterocycles. The van der Waals surface area contributed by atoms with Gasteiger partial charge < -0.3 is 10.1 Å². The van der Waals surface area contributed by atoms with Crippen molar-refractivity contribution in [3.05, 3.63) is 60.6 Å². The van der Waals surface area contributed by atoms with E-state index in [9.17, 15) is 0 Å². The molecule has 15 heavy (non-hydrogen) atoms. The van der Waals surface area contributed by atoms with Crippen LogP contribution in [-0.4, -0.2) is 6.21 Å². The van der Waals surface area contributed by atoms with Crippen molar-refractivity contribution in [3.8, 4) is 0 Å². The second-order valence-electron chi connectivity index (χ2n) is 2.80. The van der Waals surface area contributed by atoms with Gasteiger partial charge in [0.25, 0.3) is 0 Å². The van der Waals surface area contributed by atoms with E-state index in [1.807, 2.05) is 32.1 Å². The molecule has 2 heteroatoms. The zero-order valence-corrected chi connectivity index (χ0v) is 9.23. The van der Waals surface area contributed by atoms with Crippen LogP contribution < -0.4 is 0 Å². The molecule has 0 saturated carbocycles. The molecule has 0 heterocycles. The van der Waals surface area contributed by atoms with Crippen LogP contribution in [0.5, 0.6) is 0 Å². The summed E-state index contributed by atoms with van der Waals surface area (Å²) in [7, 11) is 0. The largest absolute Gasteiger partial charge is 0.465 e. The minimum absolute atomic E-state index is 0.554. The minimum atomic E-state index is 0.554. The molecule has 0 radical (unpaired) electrons. The van der Waals surface area contributed by atoms with Crippen molar-refractivity contribution in [2.45, 2.75) is 13.8 Å². The molecule has 0 bridgehead atoms. The molecule has 0 rings (SSSR count). The molecule has 0 amide bonds.